The van der Waals surface area contributed by atoms with E-state index in [4.69, 9.17) is 4.74 Å². The first-order valence-electron chi connectivity index (χ1n) is 8.42. The molecule has 1 amide bonds. The quantitative estimate of drug-likeness (QED) is 0.590. The molecule has 2 aromatic rings. The van der Waals surface area contributed by atoms with Crippen LogP contribution in [0, 0.1) is 0 Å². The fourth-order valence-electron chi connectivity index (χ4n) is 2.53. The average Bonchev–Trinajstić information content (AvgIpc) is 2.63. The van der Waals surface area contributed by atoms with Gasteiger partial charge in [-0.05, 0) is 48.7 Å². The summed E-state index contributed by atoms with van der Waals surface area (Å²) in [6.07, 6.45) is 2.66. The van der Waals surface area contributed by atoms with E-state index in [1.165, 1.54) is 0 Å². The second-order valence-corrected chi connectivity index (χ2v) is 8.87. The first kappa shape index (κ1) is 21.2. The molecular formula is C19H23BrN2O4S. The van der Waals surface area contributed by atoms with Crippen molar-refractivity contribution >= 4 is 37.5 Å². The molecule has 0 fully saturated rings. The standard InChI is InChI=1S/C19H23BrN2O4S/c1-26-18-10-8-15(9-11-18)5-4-12-21-19(23)14-22(27(2,24)25)17-7-3-6-16(20)13-17/h3,6-11,13H,4-5,12,14H2,1-2H3,(H,21,23). The number of nitrogens with zero attached hydrogens (tertiary/aromatic N) is 1. The average molecular weight is 455 g/mol. The van der Waals surface area contributed by atoms with Gasteiger partial charge in [0.25, 0.3) is 0 Å². The third-order valence-corrected chi connectivity index (χ3v) is 5.54. The zero-order chi connectivity index (χ0) is 19.9. The number of halogens is 1. The molecule has 27 heavy (non-hydrogen) atoms. The number of ether oxygens (including phenoxy) is 1. The number of carbonyl (C=O) groups is 1. The van der Waals surface area contributed by atoms with Crippen LogP contribution in [0.25, 0.3) is 0 Å². The molecule has 0 saturated heterocycles. The predicted molar refractivity (Wildman–Crippen MR) is 111 cm³/mol. The maximum Gasteiger partial charge on any atom is 0.240 e. The SMILES string of the molecule is COc1ccc(CCCNC(=O)CN(c2cccc(Br)c2)S(C)(=O)=O)cc1. The lowest BCUT2D eigenvalue weighted by atomic mass is 10.1. The van der Waals surface area contributed by atoms with Gasteiger partial charge in [-0.25, -0.2) is 8.42 Å². The molecule has 0 aromatic heterocycles. The number of sulfonamides is 1. The summed E-state index contributed by atoms with van der Waals surface area (Å²) in [5.41, 5.74) is 1.59. The van der Waals surface area contributed by atoms with Crippen LogP contribution in [-0.2, 0) is 21.2 Å². The van der Waals surface area contributed by atoms with Crippen molar-refractivity contribution in [3.8, 4) is 5.75 Å². The first-order chi connectivity index (χ1) is 12.8. The molecule has 0 spiro atoms. The molecule has 0 bridgehead atoms. The highest BCUT2D eigenvalue weighted by atomic mass is 79.9. The van der Waals surface area contributed by atoms with Gasteiger partial charge in [0.05, 0.1) is 19.1 Å². The van der Waals surface area contributed by atoms with Gasteiger partial charge in [0.15, 0.2) is 0 Å². The minimum absolute atomic E-state index is 0.252. The van der Waals surface area contributed by atoms with Crippen LogP contribution in [0.5, 0.6) is 5.75 Å². The third-order valence-electron chi connectivity index (χ3n) is 3.91. The van der Waals surface area contributed by atoms with E-state index in [0.29, 0.717) is 12.2 Å². The van der Waals surface area contributed by atoms with E-state index in [9.17, 15) is 13.2 Å². The Morgan fingerprint density at radius 1 is 1.19 bits per heavy atom. The minimum Gasteiger partial charge on any atom is -0.497 e. The molecule has 0 saturated carbocycles. The molecule has 0 radical (unpaired) electrons. The number of benzene rings is 2. The van der Waals surface area contributed by atoms with Crippen LogP contribution in [0.3, 0.4) is 0 Å². The Bertz CT molecular complexity index is 870. The summed E-state index contributed by atoms with van der Waals surface area (Å²) in [5, 5.41) is 2.78. The van der Waals surface area contributed by atoms with E-state index >= 15 is 0 Å². The number of aryl methyl sites for hydroxylation is 1. The van der Waals surface area contributed by atoms with Crippen LogP contribution in [-0.4, -0.2) is 40.8 Å². The fraction of sp³-hybridized carbons (Fsp3) is 0.316. The van der Waals surface area contributed by atoms with Crippen molar-refractivity contribution in [1.29, 1.82) is 0 Å². The Kier molecular flexibility index (Phi) is 7.67. The number of amides is 1. The first-order valence-corrected chi connectivity index (χ1v) is 11.1. The Hall–Kier alpha value is -2.06. The lowest BCUT2D eigenvalue weighted by molar-refractivity contribution is -0.119. The maximum atomic E-state index is 12.2. The summed E-state index contributed by atoms with van der Waals surface area (Å²) < 4.78 is 31.1. The summed E-state index contributed by atoms with van der Waals surface area (Å²) in [6.45, 7) is 0.221. The van der Waals surface area contributed by atoms with Gasteiger partial charge in [-0.1, -0.05) is 34.1 Å². The molecule has 8 heteroatoms. The van der Waals surface area contributed by atoms with Gasteiger partial charge in [-0.3, -0.25) is 9.10 Å². The molecule has 2 aromatic carbocycles. The van der Waals surface area contributed by atoms with Gasteiger partial charge in [0.2, 0.25) is 15.9 Å². The van der Waals surface area contributed by atoms with Crippen molar-refractivity contribution in [2.75, 3.05) is 30.8 Å². The number of hydrogen-bond acceptors (Lipinski definition) is 4. The summed E-state index contributed by atoms with van der Waals surface area (Å²) in [4.78, 5) is 12.2. The number of rotatable bonds is 9. The number of methoxy groups -OCH3 is 1. The normalized spacial score (nSPS) is 11.1. The fourth-order valence-corrected chi connectivity index (χ4v) is 3.77. The molecule has 6 nitrogen and oxygen atoms in total. The van der Waals surface area contributed by atoms with Gasteiger partial charge < -0.3 is 10.1 Å². The van der Waals surface area contributed by atoms with Crippen LogP contribution >= 0.6 is 15.9 Å². The van der Waals surface area contributed by atoms with Crippen molar-refractivity contribution in [2.24, 2.45) is 0 Å². The molecule has 1 N–H and O–H groups in total. The second-order valence-electron chi connectivity index (χ2n) is 6.05. The van der Waals surface area contributed by atoms with E-state index in [2.05, 4.69) is 21.2 Å². The Balaban J connectivity index is 1.86. The van der Waals surface area contributed by atoms with E-state index < -0.39 is 10.0 Å². The zero-order valence-electron chi connectivity index (χ0n) is 15.3. The van der Waals surface area contributed by atoms with E-state index in [-0.39, 0.29) is 12.5 Å². The van der Waals surface area contributed by atoms with Crippen molar-refractivity contribution in [2.45, 2.75) is 12.8 Å². The van der Waals surface area contributed by atoms with Crippen LogP contribution < -0.4 is 14.4 Å². The third kappa shape index (κ3) is 6.88. The van der Waals surface area contributed by atoms with E-state index in [1.807, 2.05) is 24.3 Å². The Labute approximate surface area is 168 Å². The zero-order valence-corrected chi connectivity index (χ0v) is 17.7. The highest BCUT2D eigenvalue weighted by Gasteiger charge is 2.20. The predicted octanol–water partition coefficient (Wildman–Crippen LogP) is 2.97. The molecular weight excluding hydrogens is 432 g/mol. The van der Waals surface area contributed by atoms with Crippen LogP contribution in [0.4, 0.5) is 5.69 Å². The lowest BCUT2D eigenvalue weighted by Gasteiger charge is -2.22. The van der Waals surface area contributed by atoms with Crippen molar-refractivity contribution in [3.63, 3.8) is 0 Å². The molecule has 0 heterocycles. The van der Waals surface area contributed by atoms with Gasteiger partial charge in [0, 0.05) is 11.0 Å². The number of hydrogen-bond donors (Lipinski definition) is 1. The largest absolute Gasteiger partial charge is 0.497 e. The van der Waals surface area contributed by atoms with Gasteiger partial charge in [-0.2, -0.15) is 0 Å². The molecule has 146 valence electrons. The maximum absolute atomic E-state index is 12.2. The van der Waals surface area contributed by atoms with Crippen LogP contribution in [0.15, 0.2) is 53.0 Å². The monoisotopic (exact) mass is 454 g/mol. The van der Waals surface area contributed by atoms with Gasteiger partial charge in [0.1, 0.15) is 12.3 Å². The lowest BCUT2D eigenvalue weighted by Crippen LogP contribution is -2.40. The van der Waals surface area contributed by atoms with E-state index in [1.54, 1.807) is 31.4 Å². The minimum atomic E-state index is -3.57. The van der Waals surface area contributed by atoms with Gasteiger partial charge in [-0.15, -0.1) is 0 Å². The number of nitrogens with one attached hydrogen (secondary N) is 1. The van der Waals surface area contributed by atoms with Gasteiger partial charge >= 0.3 is 0 Å². The molecule has 0 atom stereocenters. The smallest absolute Gasteiger partial charge is 0.240 e. The summed E-state index contributed by atoms with van der Waals surface area (Å²) in [5.74, 6) is 0.468. The van der Waals surface area contributed by atoms with Crippen molar-refractivity contribution in [1.82, 2.24) is 5.32 Å². The molecule has 0 unspecified atom stereocenters. The summed E-state index contributed by atoms with van der Waals surface area (Å²) in [7, 11) is -1.95. The second kappa shape index (κ2) is 9.75. The summed E-state index contributed by atoms with van der Waals surface area (Å²) in [6, 6.07) is 14.6. The molecule has 0 aliphatic rings. The van der Waals surface area contributed by atoms with Crippen molar-refractivity contribution < 1.29 is 17.9 Å². The Morgan fingerprint density at radius 3 is 2.48 bits per heavy atom. The van der Waals surface area contributed by atoms with Crippen molar-refractivity contribution in [3.05, 3.63) is 58.6 Å². The Morgan fingerprint density at radius 2 is 1.89 bits per heavy atom. The van der Waals surface area contributed by atoms with E-state index in [0.717, 1.165) is 39.2 Å². The van der Waals surface area contributed by atoms with Crippen LogP contribution in [0.2, 0.25) is 0 Å². The molecule has 2 rings (SSSR count). The number of anilines is 1. The summed E-state index contributed by atoms with van der Waals surface area (Å²) >= 11 is 3.32. The van der Waals surface area contributed by atoms with Crippen LogP contribution in [0.1, 0.15) is 12.0 Å². The highest BCUT2D eigenvalue weighted by molar-refractivity contribution is 9.10. The molecule has 0 aliphatic carbocycles. The highest BCUT2D eigenvalue weighted by Crippen LogP contribution is 2.21. The topological polar surface area (TPSA) is 75.7 Å². The molecule has 0 aliphatic heterocycles. The number of carbonyl (C=O) groups excluding carboxylic acids is 1.